The highest BCUT2D eigenvalue weighted by Gasteiger charge is 2.26. The molecule has 0 amide bonds. The summed E-state index contributed by atoms with van der Waals surface area (Å²) in [6.07, 6.45) is 0. The molecule has 10 heteroatoms. The number of para-hydroxylation sites is 1. The van der Waals surface area contributed by atoms with E-state index in [9.17, 15) is 18.5 Å². The van der Waals surface area contributed by atoms with Gasteiger partial charge in [0.15, 0.2) is 0 Å². The summed E-state index contributed by atoms with van der Waals surface area (Å²) >= 11 is 0. The van der Waals surface area contributed by atoms with Crippen LogP contribution >= 0.6 is 0 Å². The normalized spacial score (nSPS) is 15.2. The van der Waals surface area contributed by atoms with Gasteiger partial charge in [-0.25, -0.2) is 8.42 Å². The fraction of sp³-hybridized carbons (Fsp3) is 0.455. The van der Waals surface area contributed by atoms with Crippen LogP contribution < -0.4 is 10.2 Å². The van der Waals surface area contributed by atoms with Crippen molar-refractivity contribution in [3.63, 3.8) is 0 Å². The Morgan fingerprint density at radius 1 is 1.03 bits per heavy atom. The zero-order chi connectivity index (χ0) is 23.1. The molecular formula is C22H31N5O4S. The number of hydrogen-bond acceptors (Lipinski definition) is 7. The predicted octanol–water partition coefficient (Wildman–Crippen LogP) is 2.86. The van der Waals surface area contributed by atoms with E-state index in [0.717, 1.165) is 38.8 Å². The van der Waals surface area contributed by atoms with E-state index >= 15 is 0 Å². The van der Waals surface area contributed by atoms with Crippen molar-refractivity contribution in [2.24, 2.45) is 0 Å². The monoisotopic (exact) mass is 461 g/mol. The highest BCUT2D eigenvalue weighted by atomic mass is 32.2. The van der Waals surface area contributed by atoms with Gasteiger partial charge in [-0.15, -0.1) is 0 Å². The van der Waals surface area contributed by atoms with Gasteiger partial charge in [0, 0.05) is 64.1 Å². The third-order valence-corrected chi connectivity index (χ3v) is 7.79. The number of sulfonamides is 1. The van der Waals surface area contributed by atoms with Crippen LogP contribution in [0.3, 0.4) is 0 Å². The maximum Gasteiger partial charge on any atom is 0.293 e. The number of nitrogens with zero attached hydrogens (tertiary/aromatic N) is 4. The zero-order valence-electron chi connectivity index (χ0n) is 18.6. The van der Waals surface area contributed by atoms with Crippen molar-refractivity contribution < 1.29 is 13.3 Å². The molecule has 2 aromatic rings. The van der Waals surface area contributed by atoms with E-state index in [-0.39, 0.29) is 10.6 Å². The van der Waals surface area contributed by atoms with Crippen molar-refractivity contribution in [2.75, 3.05) is 62.6 Å². The lowest BCUT2D eigenvalue weighted by atomic mass is 10.2. The standard InChI is InChI=1S/C22H31N5O4S/c1-3-26(4-2)32(30,31)20-10-11-21(22(18-20)27(28)29)23-12-13-24-14-16-25(17-15-24)19-8-6-5-7-9-19/h5-11,18,23H,3-4,12-17H2,1-2H3. The van der Waals surface area contributed by atoms with Gasteiger partial charge < -0.3 is 10.2 Å². The van der Waals surface area contributed by atoms with E-state index in [1.807, 2.05) is 18.2 Å². The van der Waals surface area contributed by atoms with Crippen LogP contribution in [0.2, 0.25) is 0 Å². The molecule has 0 aliphatic carbocycles. The van der Waals surface area contributed by atoms with Gasteiger partial charge in [-0.3, -0.25) is 15.0 Å². The number of nitro benzene ring substituents is 1. The number of anilines is 2. The van der Waals surface area contributed by atoms with E-state index in [0.29, 0.717) is 25.3 Å². The number of nitrogens with one attached hydrogen (secondary N) is 1. The van der Waals surface area contributed by atoms with Crippen LogP contribution in [0.1, 0.15) is 13.8 Å². The summed E-state index contributed by atoms with van der Waals surface area (Å²) in [6.45, 7) is 9.08. The molecule has 0 radical (unpaired) electrons. The third-order valence-electron chi connectivity index (χ3n) is 5.75. The summed E-state index contributed by atoms with van der Waals surface area (Å²) in [7, 11) is -3.75. The molecule has 9 nitrogen and oxygen atoms in total. The maximum absolute atomic E-state index is 12.7. The van der Waals surface area contributed by atoms with Gasteiger partial charge in [-0.1, -0.05) is 32.0 Å². The first-order valence-electron chi connectivity index (χ1n) is 10.9. The second-order valence-electron chi connectivity index (χ2n) is 7.62. The smallest absolute Gasteiger partial charge is 0.293 e. The van der Waals surface area contributed by atoms with Crippen LogP contribution in [0.4, 0.5) is 17.1 Å². The zero-order valence-corrected chi connectivity index (χ0v) is 19.4. The molecule has 1 fully saturated rings. The van der Waals surface area contributed by atoms with E-state index < -0.39 is 14.9 Å². The second-order valence-corrected chi connectivity index (χ2v) is 9.55. The largest absolute Gasteiger partial charge is 0.378 e. The second kappa shape index (κ2) is 10.8. The number of rotatable bonds is 10. The molecular weight excluding hydrogens is 430 g/mol. The van der Waals surface area contributed by atoms with Crippen LogP contribution in [0.5, 0.6) is 0 Å². The molecule has 2 aromatic carbocycles. The number of nitro groups is 1. The van der Waals surface area contributed by atoms with Crippen molar-refractivity contribution >= 4 is 27.1 Å². The third kappa shape index (κ3) is 5.56. The minimum atomic E-state index is -3.75. The lowest BCUT2D eigenvalue weighted by Gasteiger charge is -2.36. The quantitative estimate of drug-likeness (QED) is 0.429. The van der Waals surface area contributed by atoms with Gasteiger partial charge in [0.2, 0.25) is 10.0 Å². The Balaban J connectivity index is 1.59. The van der Waals surface area contributed by atoms with Crippen LogP contribution in [0, 0.1) is 10.1 Å². The molecule has 0 spiro atoms. The Bertz CT molecular complexity index is 1000. The molecule has 0 atom stereocenters. The SMILES string of the molecule is CCN(CC)S(=O)(=O)c1ccc(NCCN2CCN(c3ccccc3)CC2)c([N+](=O)[O-])c1. The average Bonchev–Trinajstić information content (AvgIpc) is 2.80. The highest BCUT2D eigenvalue weighted by Crippen LogP contribution is 2.29. The first-order valence-corrected chi connectivity index (χ1v) is 12.4. The summed E-state index contributed by atoms with van der Waals surface area (Å²) < 4.78 is 26.7. The van der Waals surface area contributed by atoms with Gasteiger partial charge in [0.1, 0.15) is 5.69 Å². The van der Waals surface area contributed by atoms with Crippen molar-refractivity contribution in [2.45, 2.75) is 18.7 Å². The van der Waals surface area contributed by atoms with Gasteiger partial charge in [0.05, 0.1) is 9.82 Å². The fourth-order valence-electron chi connectivity index (χ4n) is 3.90. The first kappa shape index (κ1) is 24.0. The lowest BCUT2D eigenvalue weighted by Crippen LogP contribution is -2.47. The maximum atomic E-state index is 12.7. The van der Waals surface area contributed by atoms with E-state index in [2.05, 4.69) is 27.2 Å². The average molecular weight is 462 g/mol. The van der Waals surface area contributed by atoms with Crippen LogP contribution in [-0.2, 0) is 10.0 Å². The number of benzene rings is 2. The number of hydrogen-bond donors (Lipinski definition) is 1. The summed E-state index contributed by atoms with van der Waals surface area (Å²) in [6, 6.07) is 14.4. The summed E-state index contributed by atoms with van der Waals surface area (Å²) in [5.41, 5.74) is 1.32. The first-order chi connectivity index (χ1) is 15.4. The molecule has 0 unspecified atom stereocenters. The summed E-state index contributed by atoms with van der Waals surface area (Å²) in [5, 5.41) is 14.7. The topological polar surface area (TPSA) is 99.0 Å². The summed E-state index contributed by atoms with van der Waals surface area (Å²) in [5.74, 6) is 0. The van der Waals surface area contributed by atoms with Gasteiger partial charge in [0.25, 0.3) is 5.69 Å². The molecule has 1 saturated heterocycles. The molecule has 0 saturated carbocycles. The lowest BCUT2D eigenvalue weighted by molar-refractivity contribution is -0.384. The van der Waals surface area contributed by atoms with Crippen molar-refractivity contribution in [1.29, 1.82) is 0 Å². The van der Waals surface area contributed by atoms with Crippen LogP contribution in [0.15, 0.2) is 53.4 Å². The highest BCUT2D eigenvalue weighted by molar-refractivity contribution is 7.89. The molecule has 1 aliphatic rings. The molecule has 0 bridgehead atoms. The Morgan fingerprint density at radius 3 is 2.28 bits per heavy atom. The molecule has 1 N–H and O–H groups in total. The molecule has 1 heterocycles. The minimum Gasteiger partial charge on any atom is -0.378 e. The van der Waals surface area contributed by atoms with E-state index in [4.69, 9.17) is 0 Å². The van der Waals surface area contributed by atoms with Crippen LogP contribution in [0.25, 0.3) is 0 Å². The van der Waals surface area contributed by atoms with Crippen molar-refractivity contribution in [3.05, 3.63) is 58.6 Å². The van der Waals surface area contributed by atoms with Gasteiger partial charge in [-0.2, -0.15) is 4.31 Å². The molecule has 1 aliphatic heterocycles. The van der Waals surface area contributed by atoms with Crippen molar-refractivity contribution in [3.8, 4) is 0 Å². The Labute approximate surface area is 189 Å². The predicted molar refractivity (Wildman–Crippen MR) is 127 cm³/mol. The molecule has 0 aromatic heterocycles. The van der Waals surface area contributed by atoms with Gasteiger partial charge in [-0.05, 0) is 24.3 Å². The fourth-order valence-corrected chi connectivity index (χ4v) is 5.38. The molecule has 32 heavy (non-hydrogen) atoms. The number of piperazine rings is 1. The Morgan fingerprint density at radius 2 is 1.69 bits per heavy atom. The Kier molecular flexibility index (Phi) is 8.05. The van der Waals surface area contributed by atoms with Crippen molar-refractivity contribution in [1.82, 2.24) is 9.21 Å². The Hall–Kier alpha value is -2.69. The minimum absolute atomic E-state index is 0.0597. The van der Waals surface area contributed by atoms with Gasteiger partial charge >= 0.3 is 0 Å². The van der Waals surface area contributed by atoms with Crippen LogP contribution in [-0.4, -0.2) is 74.9 Å². The van der Waals surface area contributed by atoms with E-state index in [1.165, 1.54) is 22.1 Å². The van der Waals surface area contributed by atoms with E-state index in [1.54, 1.807) is 13.8 Å². The molecule has 3 rings (SSSR count). The summed E-state index contributed by atoms with van der Waals surface area (Å²) in [4.78, 5) is 15.7. The molecule has 174 valence electrons.